The summed E-state index contributed by atoms with van der Waals surface area (Å²) in [7, 11) is 0. The van der Waals surface area contributed by atoms with Crippen LogP contribution in [-0.4, -0.2) is 22.8 Å². The SMILES string of the molecule is Cc1ccc(NC(=O)COC(=O)C23C[C@@H]4C[C@@H](CC(Br)(C4)C2)C3)c(C)c1. The first kappa shape index (κ1) is 18.0. The Hall–Kier alpha value is -1.36. The molecule has 5 heteroatoms. The zero-order valence-electron chi connectivity index (χ0n) is 15.4. The number of aryl methyl sites for hydroxylation is 2. The van der Waals surface area contributed by atoms with E-state index in [0.29, 0.717) is 11.8 Å². The van der Waals surface area contributed by atoms with Crippen LogP contribution in [0.4, 0.5) is 5.69 Å². The van der Waals surface area contributed by atoms with Crippen LogP contribution in [0.15, 0.2) is 18.2 Å². The Balaban J connectivity index is 1.37. The fraction of sp³-hybridized carbons (Fsp3) is 0.619. The Labute approximate surface area is 163 Å². The van der Waals surface area contributed by atoms with Crippen molar-refractivity contribution in [3.63, 3.8) is 0 Å². The molecule has 0 saturated heterocycles. The summed E-state index contributed by atoms with van der Waals surface area (Å²) in [4.78, 5) is 25.1. The molecule has 0 aromatic heterocycles. The molecule has 140 valence electrons. The predicted octanol–water partition coefficient (Wildman–Crippen LogP) is 4.52. The van der Waals surface area contributed by atoms with Gasteiger partial charge in [0.15, 0.2) is 6.61 Å². The van der Waals surface area contributed by atoms with Gasteiger partial charge >= 0.3 is 5.97 Å². The molecule has 1 amide bonds. The zero-order chi connectivity index (χ0) is 18.5. The molecule has 4 atom stereocenters. The van der Waals surface area contributed by atoms with Gasteiger partial charge in [-0.05, 0) is 75.8 Å². The second-order valence-corrected chi connectivity index (χ2v) is 10.5. The van der Waals surface area contributed by atoms with Gasteiger partial charge in [0, 0.05) is 10.0 Å². The monoisotopic (exact) mass is 419 g/mol. The largest absolute Gasteiger partial charge is 0.455 e. The van der Waals surface area contributed by atoms with E-state index < -0.39 is 0 Å². The maximum Gasteiger partial charge on any atom is 0.312 e. The number of anilines is 1. The van der Waals surface area contributed by atoms with Crippen LogP contribution in [0.3, 0.4) is 0 Å². The lowest BCUT2D eigenvalue weighted by atomic mass is 9.49. The Bertz CT molecular complexity index is 746. The first-order chi connectivity index (χ1) is 12.3. The molecular weight excluding hydrogens is 394 g/mol. The van der Waals surface area contributed by atoms with Crippen molar-refractivity contribution in [3.05, 3.63) is 29.3 Å². The minimum absolute atomic E-state index is 0.109. The summed E-state index contributed by atoms with van der Waals surface area (Å²) < 4.78 is 5.61. The normalized spacial score (nSPS) is 34.6. The number of amides is 1. The summed E-state index contributed by atoms with van der Waals surface area (Å²) in [6.07, 6.45) is 6.29. The summed E-state index contributed by atoms with van der Waals surface area (Å²) >= 11 is 3.91. The van der Waals surface area contributed by atoms with Crippen molar-refractivity contribution in [1.29, 1.82) is 0 Å². The number of rotatable bonds is 4. The molecule has 1 N–H and O–H groups in total. The Morgan fingerprint density at radius 1 is 1.19 bits per heavy atom. The van der Waals surface area contributed by atoms with Crippen molar-refractivity contribution in [3.8, 4) is 0 Å². The first-order valence-corrected chi connectivity index (χ1v) is 10.3. The van der Waals surface area contributed by atoms with Gasteiger partial charge in [-0.1, -0.05) is 33.6 Å². The maximum absolute atomic E-state index is 12.9. The Morgan fingerprint density at radius 2 is 1.88 bits per heavy atom. The fourth-order valence-corrected chi connectivity index (χ4v) is 7.27. The van der Waals surface area contributed by atoms with Gasteiger partial charge in [-0.2, -0.15) is 0 Å². The van der Waals surface area contributed by atoms with Gasteiger partial charge in [0.05, 0.1) is 5.41 Å². The van der Waals surface area contributed by atoms with Crippen LogP contribution in [0.1, 0.15) is 49.7 Å². The highest BCUT2D eigenvalue weighted by molar-refractivity contribution is 9.10. The van der Waals surface area contributed by atoms with E-state index in [0.717, 1.165) is 36.1 Å². The van der Waals surface area contributed by atoms with Gasteiger partial charge in [0.25, 0.3) is 5.91 Å². The first-order valence-electron chi connectivity index (χ1n) is 9.50. The molecule has 26 heavy (non-hydrogen) atoms. The topological polar surface area (TPSA) is 55.4 Å². The number of hydrogen-bond donors (Lipinski definition) is 1. The van der Waals surface area contributed by atoms with Crippen LogP contribution in [-0.2, 0) is 14.3 Å². The van der Waals surface area contributed by atoms with Crippen LogP contribution in [0.2, 0.25) is 0 Å². The molecule has 1 aromatic rings. The number of ether oxygens (including phenoxy) is 1. The lowest BCUT2D eigenvalue weighted by Gasteiger charge is -2.58. The van der Waals surface area contributed by atoms with E-state index in [1.807, 2.05) is 32.0 Å². The van der Waals surface area contributed by atoms with Crippen LogP contribution < -0.4 is 5.32 Å². The van der Waals surface area contributed by atoms with Gasteiger partial charge in [0.2, 0.25) is 0 Å². The number of hydrogen-bond acceptors (Lipinski definition) is 3. The summed E-state index contributed by atoms with van der Waals surface area (Å²) in [5.41, 5.74) is 2.54. The van der Waals surface area contributed by atoms with E-state index in [1.165, 1.54) is 19.3 Å². The molecule has 4 aliphatic carbocycles. The van der Waals surface area contributed by atoms with E-state index in [4.69, 9.17) is 4.74 Å². The van der Waals surface area contributed by atoms with Gasteiger partial charge in [-0.3, -0.25) is 9.59 Å². The van der Waals surface area contributed by atoms with Gasteiger partial charge in [0.1, 0.15) is 0 Å². The molecule has 5 rings (SSSR count). The Morgan fingerprint density at radius 3 is 2.50 bits per heavy atom. The molecule has 0 heterocycles. The van der Waals surface area contributed by atoms with Crippen molar-refractivity contribution < 1.29 is 14.3 Å². The van der Waals surface area contributed by atoms with Crippen molar-refractivity contribution >= 4 is 33.5 Å². The zero-order valence-corrected chi connectivity index (χ0v) is 17.0. The second-order valence-electron chi connectivity index (χ2n) is 8.83. The highest BCUT2D eigenvalue weighted by Crippen LogP contribution is 2.64. The molecule has 0 spiro atoms. The molecule has 4 nitrogen and oxygen atoms in total. The van der Waals surface area contributed by atoms with E-state index >= 15 is 0 Å². The standard InChI is InChI=1S/C21H26BrNO3/c1-13-3-4-17(14(2)5-13)23-18(24)11-26-19(25)20-7-15-6-16(8-20)10-21(22,9-15)12-20/h3-5,15-16H,6-12H2,1-2H3,(H,23,24)/t15-,16+,20?,21?. The number of esters is 1. The quantitative estimate of drug-likeness (QED) is 0.576. The third-order valence-electron chi connectivity index (χ3n) is 6.41. The molecular formula is C21H26BrNO3. The molecule has 4 fully saturated rings. The van der Waals surface area contributed by atoms with Crippen LogP contribution in [0, 0.1) is 31.1 Å². The summed E-state index contributed by atoms with van der Waals surface area (Å²) in [6, 6.07) is 5.87. The average Bonchev–Trinajstić information content (AvgIpc) is 2.53. The van der Waals surface area contributed by atoms with Crippen LogP contribution >= 0.6 is 15.9 Å². The number of carbonyl (C=O) groups excluding carboxylic acids is 2. The van der Waals surface area contributed by atoms with Gasteiger partial charge < -0.3 is 10.1 Å². The van der Waals surface area contributed by atoms with Crippen LogP contribution in [0.25, 0.3) is 0 Å². The molecule has 4 saturated carbocycles. The lowest BCUT2D eigenvalue weighted by molar-refractivity contribution is -0.170. The number of nitrogens with one attached hydrogen (secondary N) is 1. The fourth-order valence-electron chi connectivity index (χ4n) is 5.81. The number of halogens is 1. The molecule has 1 aromatic carbocycles. The van der Waals surface area contributed by atoms with Crippen molar-refractivity contribution in [2.75, 3.05) is 11.9 Å². The van der Waals surface area contributed by atoms with E-state index in [1.54, 1.807) is 0 Å². The predicted molar refractivity (Wildman–Crippen MR) is 104 cm³/mol. The molecule has 4 bridgehead atoms. The summed E-state index contributed by atoms with van der Waals surface area (Å²) in [5.74, 6) is 0.786. The molecule has 2 unspecified atom stereocenters. The summed E-state index contributed by atoms with van der Waals surface area (Å²) in [5, 5.41) is 2.85. The molecule has 0 aliphatic heterocycles. The maximum atomic E-state index is 12.9. The highest BCUT2D eigenvalue weighted by Gasteiger charge is 2.60. The third-order valence-corrected chi connectivity index (χ3v) is 7.34. The van der Waals surface area contributed by atoms with Crippen molar-refractivity contribution in [2.24, 2.45) is 17.3 Å². The summed E-state index contributed by atoms with van der Waals surface area (Å²) in [6.45, 7) is 3.76. The smallest absolute Gasteiger partial charge is 0.312 e. The van der Waals surface area contributed by atoms with Gasteiger partial charge in [-0.15, -0.1) is 0 Å². The number of benzene rings is 1. The van der Waals surface area contributed by atoms with E-state index in [9.17, 15) is 9.59 Å². The van der Waals surface area contributed by atoms with E-state index in [2.05, 4.69) is 21.2 Å². The average molecular weight is 420 g/mol. The van der Waals surface area contributed by atoms with Crippen LogP contribution in [0.5, 0.6) is 0 Å². The minimum atomic E-state index is -0.381. The minimum Gasteiger partial charge on any atom is -0.455 e. The number of alkyl halides is 1. The lowest BCUT2D eigenvalue weighted by Crippen LogP contribution is -2.56. The van der Waals surface area contributed by atoms with Gasteiger partial charge in [-0.25, -0.2) is 0 Å². The second kappa shape index (κ2) is 6.36. The molecule has 0 radical (unpaired) electrons. The van der Waals surface area contributed by atoms with Crippen molar-refractivity contribution in [1.82, 2.24) is 0 Å². The number of carbonyl (C=O) groups is 2. The van der Waals surface area contributed by atoms with Crippen molar-refractivity contribution in [2.45, 2.75) is 56.7 Å². The highest BCUT2D eigenvalue weighted by atomic mass is 79.9. The Kier molecular flexibility index (Phi) is 4.41. The molecule has 4 aliphatic rings. The third kappa shape index (κ3) is 3.30. The van der Waals surface area contributed by atoms with E-state index in [-0.39, 0.29) is 28.2 Å².